The Morgan fingerprint density at radius 2 is 2.13 bits per heavy atom. The highest BCUT2D eigenvalue weighted by atomic mass is 15.3. The van der Waals surface area contributed by atoms with E-state index in [1.807, 2.05) is 6.92 Å². The van der Waals surface area contributed by atoms with Crippen LogP contribution in [0.4, 0.5) is 0 Å². The number of aromatic nitrogens is 2. The SMILES string of the molecule is CCn1nc(C)cc1CC(C)(C)CCN. The molecule has 0 aliphatic carbocycles. The highest BCUT2D eigenvalue weighted by molar-refractivity contribution is 5.10. The van der Waals surface area contributed by atoms with E-state index in [-0.39, 0.29) is 5.41 Å². The van der Waals surface area contributed by atoms with Crippen molar-refractivity contribution in [1.29, 1.82) is 0 Å². The lowest BCUT2D eigenvalue weighted by atomic mass is 9.84. The molecular formula is C12H23N3. The maximum atomic E-state index is 5.62. The van der Waals surface area contributed by atoms with Crippen molar-refractivity contribution in [3.8, 4) is 0 Å². The highest BCUT2D eigenvalue weighted by Crippen LogP contribution is 2.25. The summed E-state index contributed by atoms with van der Waals surface area (Å²) in [7, 11) is 0. The standard InChI is InChI=1S/C12H23N3/c1-5-15-11(8-10(2)14-15)9-12(3,4)6-7-13/h8H,5-7,9,13H2,1-4H3. The molecule has 1 aromatic heterocycles. The van der Waals surface area contributed by atoms with Gasteiger partial charge in [0.2, 0.25) is 0 Å². The molecule has 1 rings (SSSR count). The van der Waals surface area contributed by atoms with Crippen LogP contribution in [0.15, 0.2) is 6.07 Å². The maximum Gasteiger partial charge on any atom is 0.0596 e. The summed E-state index contributed by atoms with van der Waals surface area (Å²) < 4.78 is 2.09. The Balaban J connectivity index is 2.78. The molecule has 0 aliphatic rings. The van der Waals surface area contributed by atoms with Crippen LogP contribution < -0.4 is 5.73 Å². The van der Waals surface area contributed by atoms with Gasteiger partial charge in [0, 0.05) is 12.2 Å². The van der Waals surface area contributed by atoms with Crippen molar-refractivity contribution < 1.29 is 0 Å². The largest absolute Gasteiger partial charge is 0.330 e. The minimum absolute atomic E-state index is 0.272. The van der Waals surface area contributed by atoms with Crippen LogP contribution in [0.2, 0.25) is 0 Å². The third kappa shape index (κ3) is 3.34. The smallest absolute Gasteiger partial charge is 0.0596 e. The minimum Gasteiger partial charge on any atom is -0.330 e. The van der Waals surface area contributed by atoms with E-state index in [1.165, 1.54) is 5.69 Å². The van der Waals surface area contributed by atoms with Gasteiger partial charge in [0.25, 0.3) is 0 Å². The zero-order valence-corrected chi connectivity index (χ0v) is 10.4. The van der Waals surface area contributed by atoms with Crippen LogP contribution in [0.5, 0.6) is 0 Å². The number of nitrogens with zero attached hydrogens (tertiary/aromatic N) is 2. The minimum atomic E-state index is 0.272. The summed E-state index contributed by atoms with van der Waals surface area (Å²) in [6.45, 7) is 10.4. The summed E-state index contributed by atoms with van der Waals surface area (Å²) in [5.74, 6) is 0. The second-order valence-corrected chi connectivity index (χ2v) is 4.97. The second-order valence-electron chi connectivity index (χ2n) is 4.97. The first kappa shape index (κ1) is 12.2. The molecule has 0 fully saturated rings. The molecule has 1 aromatic rings. The van der Waals surface area contributed by atoms with Crippen molar-refractivity contribution in [3.05, 3.63) is 17.5 Å². The van der Waals surface area contributed by atoms with Crippen LogP contribution in [-0.4, -0.2) is 16.3 Å². The Bertz CT molecular complexity index is 313. The van der Waals surface area contributed by atoms with Gasteiger partial charge in [-0.3, -0.25) is 4.68 Å². The molecule has 0 spiro atoms. The van der Waals surface area contributed by atoms with E-state index in [0.29, 0.717) is 0 Å². The molecule has 0 saturated carbocycles. The summed E-state index contributed by atoms with van der Waals surface area (Å²) in [6, 6.07) is 2.18. The van der Waals surface area contributed by atoms with Crippen LogP contribution in [0, 0.1) is 12.3 Å². The topological polar surface area (TPSA) is 43.8 Å². The summed E-state index contributed by atoms with van der Waals surface area (Å²) >= 11 is 0. The molecule has 1 heterocycles. The summed E-state index contributed by atoms with van der Waals surface area (Å²) in [4.78, 5) is 0. The molecule has 0 atom stereocenters. The van der Waals surface area contributed by atoms with Crippen molar-refractivity contribution in [3.63, 3.8) is 0 Å². The van der Waals surface area contributed by atoms with Gasteiger partial charge >= 0.3 is 0 Å². The molecule has 0 aromatic carbocycles. The van der Waals surface area contributed by atoms with Gasteiger partial charge in [-0.15, -0.1) is 0 Å². The van der Waals surface area contributed by atoms with Crippen molar-refractivity contribution >= 4 is 0 Å². The van der Waals surface area contributed by atoms with E-state index in [4.69, 9.17) is 5.73 Å². The molecule has 0 unspecified atom stereocenters. The lowest BCUT2D eigenvalue weighted by molar-refractivity contribution is 0.328. The molecule has 15 heavy (non-hydrogen) atoms. The predicted molar refractivity (Wildman–Crippen MR) is 63.8 cm³/mol. The summed E-state index contributed by atoms with van der Waals surface area (Å²) in [5, 5.41) is 4.46. The number of hydrogen-bond acceptors (Lipinski definition) is 2. The average molecular weight is 209 g/mol. The van der Waals surface area contributed by atoms with Crippen molar-refractivity contribution in [2.45, 2.75) is 47.1 Å². The maximum absolute atomic E-state index is 5.62. The average Bonchev–Trinajstić information content (AvgIpc) is 2.44. The fourth-order valence-electron chi connectivity index (χ4n) is 1.98. The van der Waals surface area contributed by atoms with Gasteiger partial charge in [0.1, 0.15) is 0 Å². The summed E-state index contributed by atoms with van der Waals surface area (Å²) in [5.41, 5.74) is 8.33. The molecule has 0 bridgehead atoms. The van der Waals surface area contributed by atoms with Crippen molar-refractivity contribution in [2.75, 3.05) is 6.54 Å². The fourth-order valence-corrected chi connectivity index (χ4v) is 1.98. The Hall–Kier alpha value is -0.830. The van der Waals surface area contributed by atoms with Crippen LogP contribution in [0.25, 0.3) is 0 Å². The Morgan fingerprint density at radius 1 is 1.47 bits per heavy atom. The van der Waals surface area contributed by atoms with E-state index < -0.39 is 0 Å². The first-order chi connectivity index (χ1) is 6.98. The van der Waals surface area contributed by atoms with Gasteiger partial charge in [-0.05, 0) is 44.7 Å². The predicted octanol–water partition coefficient (Wildman–Crippen LogP) is 2.13. The van der Waals surface area contributed by atoms with Crippen LogP contribution in [0.1, 0.15) is 38.6 Å². The van der Waals surface area contributed by atoms with Gasteiger partial charge in [0.05, 0.1) is 5.69 Å². The third-order valence-corrected chi connectivity index (χ3v) is 2.77. The molecule has 0 aliphatic heterocycles. The molecule has 3 nitrogen and oxygen atoms in total. The van der Waals surface area contributed by atoms with E-state index in [1.54, 1.807) is 0 Å². The van der Waals surface area contributed by atoms with E-state index in [2.05, 4.69) is 36.6 Å². The van der Waals surface area contributed by atoms with Gasteiger partial charge in [-0.2, -0.15) is 5.10 Å². The van der Waals surface area contributed by atoms with E-state index >= 15 is 0 Å². The second kappa shape index (κ2) is 4.79. The fraction of sp³-hybridized carbons (Fsp3) is 0.750. The van der Waals surface area contributed by atoms with Crippen LogP contribution in [-0.2, 0) is 13.0 Å². The van der Waals surface area contributed by atoms with Gasteiger partial charge in [0.15, 0.2) is 0 Å². The molecule has 0 saturated heterocycles. The molecule has 2 N–H and O–H groups in total. The zero-order valence-electron chi connectivity index (χ0n) is 10.4. The molecule has 0 radical (unpaired) electrons. The number of rotatable bonds is 5. The number of hydrogen-bond donors (Lipinski definition) is 1. The number of aryl methyl sites for hydroxylation is 2. The van der Waals surface area contributed by atoms with Gasteiger partial charge in [-0.25, -0.2) is 0 Å². The highest BCUT2D eigenvalue weighted by Gasteiger charge is 2.19. The normalized spacial score (nSPS) is 12.1. The lowest BCUT2D eigenvalue weighted by Crippen LogP contribution is -2.21. The molecular weight excluding hydrogens is 186 g/mol. The Morgan fingerprint density at radius 3 is 2.67 bits per heavy atom. The van der Waals surface area contributed by atoms with E-state index in [0.717, 1.165) is 31.6 Å². The van der Waals surface area contributed by atoms with Crippen molar-refractivity contribution in [1.82, 2.24) is 9.78 Å². The first-order valence-electron chi connectivity index (χ1n) is 5.72. The Labute approximate surface area is 92.7 Å². The quantitative estimate of drug-likeness (QED) is 0.807. The van der Waals surface area contributed by atoms with Crippen LogP contribution >= 0.6 is 0 Å². The molecule has 3 heteroatoms. The summed E-state index contributed by atoms with van der Waals surface area (Å²) in [6.07, 6.45) is 2.11. The molecule has 0 amide bonds. The number of nitrogens with two attached hydrogens (primary N) is 1. The Kier molecular flexibility index (Phi) is 3.91. The monoisotopic (exact) mass is 209 g/mol. The van der Waals surface area contributed by atoms with E-state index in [9.17, 15) is 0 Å². The van der Waals surface area contributed by atoms with Gasteiger partial charge in [-0.1, -0.05) is 13.8 Å². The van der Waals surface area contributed by atoms with Crippen molar-refractivity contribution in [2.24, 2.45) is 11.1 Å². The first-order valence-corrected chi connectivity index (χ1v) is 5.72. The van der Waals surface area contributed by atoms with Crippen LogP contribution in [0.3, 0.4) is 0 Å². The molecule has 86 valence electrons. The third-order valence-electron chi connectivity index (χ3n) is 2.77. The zero-order chi connectivity index (χ0) is 11.5. The van der Waals surface area contributed by atoms with Gasteiger partial charge < -0.3 is 5.73 Å². The lowest BCUT2D eigenvalue weighted by Gasteiger charge is -2.23.